The Hall–Kier alpha value is -1.22. The maximum absolute atomic E-state index is 10.4. The van der Waals surface area contributed by atoms with Gasteiger partial charge in [-0.15, -0.1) is 0 Å². The Morgan fingerprint density at radius 2 is 1.90 bits per heavy atom. The summed E-state index contributed by atoms with van der Waals surface area (Å²) in [6.07, 6.45) is 4.70. The van der Waals surface area contributed by atoms with Gasteiger partial charge in [0.2, 0.25) is 0 Å². The zero-order valence-electron chi connectivity index (χ0n) is 13.7. The molecule has 1 unspecified atom stereocenters. The van der Waals surface area contributed by atoms with Gasteiger partial charge < -0.3 is 15.2 Å². The van der Waals surface area contributed by atoms with Crippen LogP contribution in [0.4, 0.5) is 0 Å². The first-order chi connectivity index (χ1) is 9.99. The van der Waals surface area contributed by atoms with Crippen LogP contribution in [0, 0.1) is 20.8 Å². The van der Waals surface area contributed by atoms with Crippen molar-refractivity contribution in [3.8, 4) is 11.5 Å². The molecule has 2 N–H and O–H groups in total. The Labute approximate surface area is 127 Å². The van der Waals surface area contributed by atoms with E-state index in [0.717, 1.165) is 42.0 Å². The molecule has 0 aromatic heterocycles. The summed E-state index contributed by atoms with van der Waals surface area (Å²) in [4.78, 5) is 0. The maximum atomic E-state index is 10.4. The number of hydrogen-bond acceptors (Lipinski definition) is 3. The highest BCUT2D eigenvalue weighted by atomic mass is 16.5. The molecular weight excluding hydrogens is 262 g/mol. The molecule has 0 amide bonds. The van der Waals surface area contributed by atoms with E-state index in [2.05, 4.69) is 19.2 Å². The van der Waals surface area contributed by atoms with Crippen LogP contribution in [0.3, 0.4) is 0 Å². The standard InChI is InChI=1S/C18H27NO2/c1-5-19-10-14-9-18(7-6-8-18)21-17-12(3)11(2)16(20)13(4)15(14)17/h14,19-20H,5-10H2,1-4H3. The highest BCUT2D eigenvalue weighted by Gasteiger charge is 2.46. The molecule has 0 bridgehead atoms. The summed E-state index contributed by atoms with van der Waals surface area (Å²) >= 11 is 0. The molecule has 3 rings (SSSR count). The number of hydrogen-bond donors (Lipinski definition) is 2. The second kappa shape index (κ2) is 5.20. The van der Waals surface area contributed by atoms with Gasteiger partial charge in [0.1, 0.15) is 17.1 Å². The van der Waals surface area contributed by atoms with Gasteiger partial charge in [-0.1, -0.05) is 6.92 Å². The number of benzene rings is 1. The van der Waals surface area contributed by atoms with Crippen molar-refractivity contribution in [1.82, 2.24) is 5.32 Å². The molecule has 3 nitrogen and oxygen atoms in total. The minimum Gasteiger partial charge on any atom is -0.507 e. The van der Waals surface area contributed by atoms with E-state index in [0.29, 0.717) is 11.7 Å². The van der Waals surface area contributed by atoms with E-state index in [4.69, 9.17) is 4.74 Å². The molecule has 1 saturated carbocycles. The Bertz CT molecular complexity index is 561. The van der Waals surface area contributed by atoms with Crippen molar-refractivity contribution in [3.63, 3.8) is 0 Å². The lowest BCUT2D eigenvalue weighted by molar-refractivity contribution is -0.0342. The van der Waals surface area contributed by atoms with Crippen LogP contribution in [-0.4, -0.2) is 23.8 Å². The largest absolute Gasteiger partial charge is 0.507 e. The molecule has 1 aromatic carbocycles. The van der Waals surface area contributed by atoms with E-state index in [1.807, 2.05) is 13.8 Å². The summed E-state index contributed by atoms with van der Waals surface area (Å²) in [6, 6.07) is 0. The monoisotopic (exact) mass is 289 g/mol. The quantitative estimate of drug-likeness (QED) is 0.891. The fourth-order valence-electron chi connectivity index (χ4n) is 3.93. The highest BCUT2D eigenvalue weighted by Crippen LogP contribution is 2.53. The SMILES string of the molecule is CCNCC1CC2(CCC2)Oc2c(C)c(C)c(O)c(C)c21. The van der Waals surface area contributed by atoms with Gasteiger partial charge in [0.25, 0.3) is 0 Å². The van der Waals surface area contributed by atoms with Gasteiger partial charge in [-0.2, -0.15) is 0 Å². The molecule has 116 valence electrons. The molecule has 1 aromatic rings. The van der Waals surface area contributed by atoms with Crippen molar-refractivity contribution >= 4 is 0 Å². The van der Waals surface area contributed by atoms with Crippen molar-refractivity contribution in [2.45, 2.75) is 64.9 Å². The summed E-state index contributed by atoms with van der Waals surface area (Å²) in [5.41, 5.74) is 4.37. The molecule has 0 saturated heterocycles. The molecule has 1 atom stereocenters. The van der Waals surface area contributed by atoms with E-state index in [-0.39, 0.29) is 5.60 Å². The molecule has 21 heavy (non-hydrogen) atoms. The van der Waals surface area contributed by atoms with E-state index in [9.17, 15) is 5.11 Å². The maximum Gasteiger partial charge on any atom is 0.127 e. The summed E-state index contributed by atoms with van der Waals surface area (Å²) in [5, 5.41) is 13.9. The average molecular weight is 289 g/mol. The third kappa shape index (κ3) is 2.22. The molecule has 1 fully saturated rings. The van der Waals surface area contributed by atoms with Gasteiger partial charge in [0, 0.05) is 18.0 Å². The van der Waals surface area contributed by atoms with Gasteiger partial charge in [0.05, 0.1) is 0 Å². The second-order valence-corrected chi connectivity index (χ2v) is 6.81. The van der Waals surface area contributed by atoms with E-state index < -0.39 is 0 Å². The predicted octanol–water partition coefficient (Wildman–Crippen LogP) is 3.72. The van der Waals surface area contributed by atoms with Gasteiger partial charge in [-0.3, -0.25) is 0 Å². The van der Waals surface area contributed by atoms with E-state index >= 15 is 0 Å². The number of ether oxygens (including phenoxy) is 1. The lowest BCUT2D eigenvalue weighted by atomic mass is 9.69. The number of aromatic hydroxyl groups is 1. The Kier molecular flexibility index (Phi) is 3.64. The predicted molar refractivity (Wildman–Crippen MR) is 85.4 cm³/mol. The van der Waals surface area contributed by atoms with Crippen molar-refractivity contribution < 1.29 is 9.84 Å². The molecule has 0 radical (unpaired) electrons. The number of likely N-dealkylation sites (N-methyl/N-ethyl adjacent to an activating group) is 1. The molecular formula is C18H27NO2. The van der Waals surface area contributed by atoms with Crippen molar-refractivity contribution in [1.29, 1.82) is 0 Å². The topological polar surface area (TPSA) is 41.5 Å². The van der Waals surface area contributed by atoms with E-state index in [1.165, 1.54) is 24.8 Å². The lowest BCUT2D eigenvalue weighted by Crippen LogP contribution is -2.48. The van der Waals surface area contributed by atoms with Crippen LogP contribution < -0.4 is 10.1 Å². The third-order valence-electron chi connectivity index (χ3n) is 5.51. The first-order valence-corrected chi connectivity index (χ1v) is 8.21. The zero-order valence-corrected chi connectivity index (χ0v) is 13.7. The van der Waals surface area contributed by atoms with Gasteiger partial charge in [0.15, 0.2) is 0 Å². The molecule has 1 aliphatic heterocycles. The average Bonchev–Trinajstić information content (AvgIpc) is 2.46. The van der Waals surface area contributed by atoms with Crippen LogP contribution in [-0.2, 0) is 0 Å². The molecule has 3 heteroatoms. The fourth-order valence-corrected chi connectivity index (χ4v) is 3.93. The summed E-state index contributed by atoms with van der Waals surface area (Å²) in [7, 11) is 0. The fraction of sp³-hybridized carbons (Fsp3) is 0.667. The normalized spacial score (nSPS) is 22.6. The van der Waals surface area contributed by atoms with Gasteiger partial charge >= 0.3 is 0 Å². The van der Waals surface area contributed by atoms with Crippen LogP contribution in [0.1, 0.15) is 60.8 Å². The number of phenols is 1. The summed E-state index contributed by atoms with van der Waals surface area (Å²) in [5.74, 6) is 1.94. The Balaban J connectivity index is 2.09. The molecule has 1 spiro atoms. The first-order valence-electron chi connectivity index (χ1n) is 8.21. The number of fused-ring (bicyclic) bond motifs is 1. The third-order valence-corrected chi connectivity index (χ3v) is 5.51. The minimum absolute atomic E-state index is 0.0632. The Morgan fingerprint density at radius 1 is 1.19 bits per heavy atom. The molecule has 1 aliphatic carbocycles. The van der Waals surface area contributed by atoms with Crippen LogP contribution in [0.2, 0.25) is 0 Å². The lowest BCUT2D eigenvalue weighted by Gasteiger charge is -2.49. The zero-order chi connectivity index (χ0) is 15.2. The summed E-state index contributed by atoms with van der Waals surface area (Å²) < 4.78 is 6.47. The van der Waals surface area contributed by atoms with Crippen LogP contribution in [0.5, 0.6) is 11.5 Å². The van der Waals surface area contributed by atoms with Crippen molar-refractivity contribution in [2.24, 2.45) is 0 Å². The van der Waals surface area contributed by atoms with Crippen molar-refractivity contribution in [2.75, 3.05) is 13.1 Å². The van der Waals surface area contributed by atoms with Gasteiger partial charge in [-0.25, -0.2) is 0 Å². The van der Waals surface area contributed by atoms with Crippen molar-refractivity contribution in [3.05, 3.63) is 22.3 Å². The molecule has 2 aliphatic rings. The minimum atomic E-state index is 0.0632. The second-order valence-electron chi connectivity index (χ2n) is 6.81. The number of phenolic OH excluding ortho intramolecular Hbond substituents is 1. The van der Waals surface area contributed by atoms with Crippen LogP contribution >= 0.6 is 0 Å². The van der Waals surface area contributed by atoms with Crippen LogP contribution in [0.25, 0.3) is 0 Å². The van der Waals surface area contributed by atoms with Gasteiger partial charge in [-0.05, 0) is 69.7 Å². The molecule has 1 heterocycles. The highest BCUT2D eigenvalue weighted by molar-refractivity contribution is 5.60. The number of nitrogens with one attached hydrogen (secondary N) is 1. The number of rotatable bonds is 3. The Morgan fingerprint density at radius 3 is 2.48 bits per heavy atom. The van der Waals surface area contributed by atoms with Crippen LogP contribution in [0.15, 0.2) is 0 Å². The summed E-state index contributed by atoms with van der Waals surface area (Å²) in [6.45, 7) is 10.2. The smallest absolute Gasteiger partial charge is 0.127 e. The first kappa shape index (κ1) is 14.7. The van der Waals surface area contributed by atoms with E-state index in [1.54, 1.807) is 0 Å².